The Balaban J connectivity index is 2.32. The third kappa shape index (κ3) is 5.58. The van der Waals surface area contributed by atoms with E-state index in [2.05, 4.69) is 63.1 Å². The van der Waals surface area contributed by atoms with Crippen LogP contribution in [0, 0.1) is 5.41 Å². The first-order valence-electron chi connectivity index (χ1n) is 5.70. The smallest absolute Gasteiger partial charge is 0.00271 e. The quantitative estimate of drug-likeness (QED) is 0.729. The van der Waals surface area contributed by atoms with E-state index in [0.717, 1.165) is 19.5 Å². The number of rotatable bonds is 4. The van der Waals surface area contributed by atoms with E-state index >= 15 is 0 Å². The molecule has 0 spiro atoms. The van der Waals surface area contributed by atoms with Crippen molar-refractivity contribution in [2.24, 2.45) is 5.41 Å². The summed E-state index contributed by atoms with van der Waals surface area (Å²) in [5, 5.41) is 0. The molecular weight excluding hydrogens is 182 g/mol. The molecule has 0 radical (unpaired) electrons. The van der Waals surface area contributed by atoms with Crippen molar-refractivity contribution in [1.29, 1.82) is 0 Å². The number of hydrogen-bond donors (Lipinski definition) is 0. The van der Waals surface area contributed by atoms with Crippen LogP contribution in [-0.2, 0) is 6.42 Å². The Bertz CT molecular complexity index is 271. The van der Waals surface area contributed by atoms with Gasteiger partial charge in [-0.05, 0) is 24.4 Å². The van der Waals surface area contributed by atoms with Gasteiger partial charge in [0.05, 0.1) is 0 Å². The summed E-state index contributed by atoms with van der Waals surface area (Å²) < 4.78 is 0. The molecule has 0 heterocycles. The van der Waals surface area contributed by atoms with Crippen LogP contribution in [0.5, 0.6) is 0 Å². The van der Waals surface area contributed by atoms with Crippen molar-refractivity contribution < 1.29 is 0 Å². The third-order valence-corrected chi connectivity index (χ3v) is 2.37. The van der Waals surface area contributed by atoms with Crippen LogP contribution in [0.25, 0.3) is 0 Å². The van der Waals surface area contributed by atoms with E-state index in [4.69, 9.17) is 0 Å². The lowest BCUT2D eigenvalue weighted by Crippen LogP contribution is -2.30. The minimum absolute atomic E-state index is 0.394. The van der Waals surface area contributed by atoms with Crippen molar-refractivity contribution in [2.45, 2.75) is 27.2 Å². The average Bonchev–Trinajstić information content (AvgIpc) is 2.14. The van der Waals surface area contributed by atoms with Crippen LogP contribution in [0.4, 0.5) is 0 Å². The number of hydrogen-bond acceptors (Lipinski definition) is 1. The molecule has 0 saturated carbocycles. The molecule has 1 heteroatoms. The van der Waals surface area contributed by atoms with E-state index in [0.29, 0.717) is 5.41 Å². The maximum Gasteiger partial charge on any atom is 0.00271 e. The Labute approximate surface area is 94.1 Å². The predicted octanol–water partition coefficient (Wildman–Crippen LogP) is 3.21. The van der Waals surface area contributed by atoms with Gasteiger partial charge in [-0.3, -0.25) is 0 Å². The van der Waals surface area contributed by atoms with Gasteiger partial charge in [-0.15, -0.1) is 0 Å². The van der Waals surface area contributed by atoms with Crippen molar-refractivity contribution in [2.75, 3.05) is 20.1 Å². The van der Waals surface area contributed by atoms with Gasteiger partial charge < -0.3 is 4.90 Å². The van der Waals surface area contributed by atoms with Crippen LogP contribution >= 0.6 is 0 Å². The van der Waals surface area contributed by atoms with Gasteiger partial charge in [-0.25, -0.2) is 0 Å². The molecule has 1 aromatic carbocycles. The van der Waals surface area contributed by atoms with Crippen molar-refractivity contribution >= 4 is 0 Å². The topological polar surface area (TPSA) is 3.24 Å². The SMILES string of the molecule is CN(CCc1ccccc1)CC(C)(C)C. The first kappa shape index (κ1) is 12.3. The van der Waals surface area contributed by atoms with Crippen molar-refractivity contribution in [1.82, 2.24) is 4.90 Å². The molecule has 0 unspecified atom stereocenters. The van der Waals surface area contributed by atoms with Crippen LogP contribution in [0.3, 0.4) is 0 Å². The van der Waals surface area contributed by atoms with Gasteiger partial charge in [-0.2, -0.15) is 0 Å². The summed E-state index contributed by atoms with van der Waals surface area (Å²) in [6.45, 7) is 9.14. The second kappa shape index (κ2) is 5.32. The fourth-order valence-corrected chi connectivity index (χ4v) is 1.85. The van der Waals surface area contributed by atoms with E-state index < -0.39 is 0 Å². The fourth-order valence-electron chi connectivity index (χ4n) is 1.85. The van der Waals surface area contributed by atoms with Crippen LogP contribution < -0.4 is 0 Å². The van der Waals surface area contributed by atoms with Crippen LogP contribution in [0.15, 0.2) is 30.3 Å². The van der Waals surface area contributed by atoms with Gasteiger partial charge >= 0.3 is 0 Å². The molecule has 15 heavy (non-hydrogen) atoms. The Morgan fingerprint density at radius 2 is 1.67 bits per heavy atom. The molecule has 0 N–H and O–H groups in total. The molecule has 84 valence electrons. The van der Waals surface area contributed by atoms with Gasteiger partial charge in [0.15, 0.2) is 0 Å². The van der Waals surface area contributed by atoms with Gasteiger partial charge in [-0.1, -0.05) is 51.1 Å². The molecular formula is C14H23N. The van der Waals surface area contributed by atoms with Crippen molar-refractivity contribution in [3.05, 3.63) is 35.9 Å². The first-order valence-corrected chi connectivity index (χ1v) is 5.70. The molecule has 0 aliphatic heterocycles. The number of benzene rings is 1. The maximum atomic E-state index is 2.41. The summed E-state index contributed by atoms with van der Waals surface area (Å²) in [6, 6.07) is 10.7. The summed E-state index contributed by atoms with van der Waals surface area (Å²) in [7, 11) is 2.20. The Kier molecular flexibility index (Phi) is 4.34. The summed E-state index contributed by atoms with van der Waals surface area (Å²) in [5.74, 6) is 0. The summed E-state index contributed by atoms with van der Waals surface area (Å²) in [4.78, 5) is 2.41. The summed E-state index contributed by atoms with van der Waals surface area (Å²) >= 11 is 0. The Morgan fingerprint density at radius 3 is 2.20 bits per heavy atom. The Morgan fingerprint density at radius 1 is 1.07 bits per heavy atom. The normalized spacial score (nSPS) is 12.1. The van der Waals surface area contributed by atoms with Crippen LogP contribution in [0.2, 0.25) is 0 Å². The standard InChI is InChI=1S/C14H23N/c1-14(2,3)12-15(4)11-10-13-8-6-5-7-9-13/h5-9H,10-12H2,1-4H3. The molecule has 0 aromatic heterocycles. The largest absolute Gasteiger partial charge is 0.306 e. The van der Waals surface area contributed by atoms with Crippen LogP contribution in [-0.4, -0.2) is 25.0 Å². The van der Waals surface area contributed by atoms with E-state index in [1.54, 1.807) is 0 Å². The third-order valence-electron chi connectivity index (χ3n) is 2.37. The zero-order valence-corrected chi connectivity index (χ0v) is 10.5. The lowest BCUT2D eigenvalue weighted by atomic mass is 9.96. The molecule has 1 rings (SSSR count). The minimum atomic E-state index is 0.394. The van der Waals surface area contributed by atoms with Gasteiger partial charge in [0.1, 0.15) is 0 Å². The van der Waals surface area contributed by atoms with E-state index in [1.807, 2.05) is 0 Å². The molecule has 1 aromatic rings. The average molecular weight is 205 g/mol. The molecule has 0 bridgehead atoms. The molecule has 1 nitrogen and oxygen atoms in total. The zero-order valence-electron chi connectivity index (χ0n) is 10.5. The van der Waals surface area contributed by atoms with E-state index in [-0.39, 0.29) is 0 Å². The second-order valence-electron chi connectivity index (χ2n) is 5.53. The minimum Gasteiger partial charge on any atom is -0.306 e. The maximum absolute atomic E-state index is 2.41. The highest BCUT2D eigenvalue weighted by molar-refractivity contribution is 5.14. The molecule has 0 aliphatic carbocycles. The highest BCUT2D eigenvalue weighted by atomic mass is 15.1. The zero-order chi connectivity index (χ0) is 11.3. The van der Waals surface area contributed by atoms with Crippen molar-refractivity contribution in [3.63, 3.8) is 0 Å². The Hall–Kier alpha value is -0.820. The lowest BCUT2D eigenvalue weighted by molar-refractivity contribution is 0.229. The summed E-state index contributed by atoms with van der Waals surface area (Å²) in [5.41, 5.74) is 1.82. The molecule has 0 atom stereocenters. The van der Waals surface area contributed by atoms with E-state index in [1.165, 1.54) is 5.56 Å². The van der Waals surface area contributed by atoms with Crippen molar-refractivity contribution in [3.8, 4) is 0 Å². The first-order chi connectivity index (χ1) is 6.97. The van der Waals surface area contributed by atoms with E-state index in [9.17, 15) is 0 Å². The summed E-state index contributed by atoms with van der Waals surface area (Å²) in [6.07, 6.45) is 1.15. The number of likely N-dealkylation sites (N-methyl/N-ethyl adjacent to an activating group) is 1. The predicted molar refractivity (Wildman–Crippen MR) is 67.1 cm³/mol. The monoisotopic (exact) mass is 205 g/mol. The van der Waals surface area contributed by atoms with Gasteiger partial charge in [0, 0.05) is 13.1 Å². The molecule has 0 amide bonds. The van der Waals surface area contributed by atoms with Gasteiger partial charge in [0.25, 0.3) is 0 Å². The molecule has 0 saturated heterocycles. The fraction of sp³-hybridized carbons (Fsp3) is 0.571. The molecule has 0 aliphatic rings. The second-order valence-corrected chi connectivity index (χ2v) is 5.53. The molecule has 0 fully saturated rings. The van der Waals surface area contributed by atoms with Gasteiger partial charge in [0.2, 0.25) is 0 Å². The highest BCUT2D eigenvalue weighted by Crippen LogP contribution is 2.14. The highest BCUT2D eigenvalue weighted by Gasteiger charge is 2.12. The van der Waals surface area contributed by atoms with Crippen LogP contribution in [0.1, 0.15) is 26.3 Å². The lowest BCUT2D eigenvalue weighted by Gasteiger charge is -2.26. The number of nitrogens with zero attached hydrogens (tertiary/aromatic N) is 1.